The fourth-order valence-corrected chi connectivity index (χ4v) is 3.14. The van der Waals surface area contributed by atoms with Gasteiger partial charge >= 0.3 is 6.18 Å². The quantitative estimate of drug-likeness (QED) is 0.574. The van der Waals surface area contributed by atoms with Gasteiger partial charge in [-0.25, -0.2) is 4.68 Å². The van der Waals surface area contributed by atoms with Crippen LogP contribution in [0.1, 0.15) is 24.3 Å². The van der Waals surface area contributed by atoms with Crippen LogP contribution in [0, 0.1) is 0 Å². The molecule has 31 heavy (non-hydrogen) atoms. The van der Waals surface area contributed by atoms with E-state index >= 15 is 0 Å². The molecule has 1 aliphatic rings. The summed E-state index contributed by atoms with van der Waals surface area (Å²) in [6.07, 6.45) is -6.90. The number of carbonyl (C=O) groups is 1. The molecule has 0 saturated carbocycles. The standard InChI is InChI=1S/C19H21F3N4O5/c1-3-8-30-18-14(23-10(2)27)15(28)16(29)17(31-18)13-9-26(25-24-13)12-6-4-11(5-7-12)19(20,21)22/h3-7,9,14-18,28-29H,1,8H2,2H3,(H,23,27)/t14-,15-,16-,17-,18+/m1/s1. The minimum atomic E-state index is -4.47. The topological polar surface area (TPSA) is 119 Å². The van der Waals surface area contributed by atoms with Gasteiger partial charge in [0.2, 0.25) is 5.91 Å². The van der Waals surface area contributed by atoms with Gasteiger partial charge in [0.25, 0.3) is 0 Å². The number of nitrogens with one attached hydrogen (secondary N) is 1. The largest absolute Gasteiger partial charge is 0.416 e. The van der Waals surface area contributed by atoms with Crippen LogP contribution in [0.15, 0.2) is 43.1 Å². The Morgan fingerprint density at radius 3 is 2.58 bits per heavy atom. The number of hydrogen-bond donors (Lipinski definition) is 3. The molecule has 9 nitrogen and oxygen atoms in total. The van der Waals surface area contributed by atoms with Crippen LogP contribution in [-0.2, 0) is 20.4 Å². The highest BCUT2D eigenvalue weighted by atomic mass is 19.4. The molecule has 0 unspecified atom stereocenters. The third-order valence-corrected chi connectivity index (χ3v) is 4.61. The Morgan fingerprint density at radius 2 is 2.00 bits per heavy atom. The number of ether oxygens (including phenoxy) is 2. The van der Waals surface area contributed by atoms with Gasteiger partial charge in [0, 0.05) is 6.92 Å². The summed E-state index contributed by atoms with van der Waals surface area (Å²) >= 11 is 0. The lowest BCUT2D eigenvalue weighted by Crippen LogP contribution is -2.61. The highest BCUT2D eigenvalue weighted by Crippen LogP contribution is 2.33. The number of hydrogen-bond acceptors (Lipinski definition) is 7. The first-order valence-electron chi connectivity index (χ1n) is 9.23. The van der Waals surface area contributed by atoms with Crippen LogP contribution in [0.25, 0.3) is 5.69 Å². The second-order valence-corrected chi connectivity index (χ2v) is 6.89. The van der Waals surface area contributed by atoms with Gasteiger partial charge in [-0.15, -0.1) is 11.7 Å². The van der Waals surface area contributed by atoms with E-state index in [4.69, 9.17) is 9.47 Å². The van der Waals surface area contributed by atoms with Gasteiger partial charge in [-0.1, -0.05) is 11.3 Å². The number of amides is 1. The summed E-state index contributed by atoms with van der Waals surface area (Å²) in [6.45, 7) is 4.82. The van der Waals surface area contributed by atoms with E-state index in [2.05, 4.69) is 22.2 Å². The first kappa shape index (κ1) is 22.9. The molecule has 12 heteroatoms. The molecule has 1 fully saturated rings. The maximum absolute atomic E-state index is 12.7. The zero-order valence-corrected chi connectivity index (χ0v) is 16.4. The lowest BCUT2D eigenvalue weighted by Gasteiger charge is -2.41. The number of aromatic nitrogens is 3. The average molecular weight is 442 g/mol. The summed E-state index contributed by atoms with van der Waals surface area (Å²) in [7, 11) is 0. The SMILES string of the molecule is C=CCO[C@H]1O[C@H](c2cn(-c3ccc(C(F)(F)F)cc3)nn2)[C@H](O)[C@H](O)[C@H]1NC(C)=O. The maximum Gasteiger partial charge on any atom is 0.416 e. The van der Waals surface area contributed by atoms with E-state index in [1.54, 1.807) is 0 Å². The van der Waals surface area contributed by atoms with Crippen LogP contribution in [0.4, 0.5) is 13.2 Å². The summed E-state index contributed by atoms with van der Waals surface area (Å²) in [5.41, 5.74) is -0.398. The molecule has 2 aromatic rings. The van der Waals surface area contributed by atoms with Gasteiger partial charge in [-0.3, -0.25) is 4.79 Å². The van der Waals surface area contributed by atoms with E-state index in [0.717, 1.165) is 12.1 Å². The Labute approximate surface area is 175 Å². The van der Waals surface area contributed by atoms with E-state index in [0.29, 0.717) is 5.69 Å². The second-order valence-electron chi connectivity index (χ2n) is 6.89. The average Bonchev–Trinajstić information content (AvgIpc) is 3.20. The Bertz CT molecular complexity index is 918. The predicted molar refractivity (Wildman–Crippen MR) is 99.7 cm³/mol. The number of rotatable bonds is 6. The number of aliphatic hydroxyl groups excluding tert-OH is 2. The molecule has 0 aliphatic carbocycles. The molecule has 1 aliphatic heterocycles. The summed E-state index contributed by atoms with van der Waals surface area (Å²) in [5.74, 6) is -0.459. The van der Waals surface area contributed by atoms with Crippen molar-refractivity contribution in [2.45, 2.75) is 43.7 Å². The van der Waals surface area contributed by atoms with Crippen molar-refractivity contribution in [1.82, 2.24) is 20.3 Å². The molecule has 5 atom stereocenters. The first-order valence-corrected chi connectivity index (χ1v) is 9.23. The van der Waals surface area contributed by atoms with Gasteiger partial charge in [-0.2, -0.15) is 13.2 Å². The number of carbonyl (C=O) groups excluding carboxylic acids is 1. The van der Waals surface area contributed by atoms with Crippen LogP contribution >= 0.6 is 0 Å². The molecule has 1 aromatic carbocycles. The van der Waals surface area contributed by atoms with E-state index in [1.165, 1.54) is 36.0 Å². The second kappa shape index (κ2) is 9.14. The zero-order valence-electron chi connectivity index (χ0n) is 16.4. The van der Waals surface area contributed by atoms with Crippen molar-refractivity contribution in [3.63, 3.8) is 0 Å². The molecule has 0 spiro atoms. The van der Waals surface area contributed by atoms with Crippen molar-refractivity contribution in [3.8, 4) is 5.69 Å². The van der Waals surface area contributed by atoms with Gasteiger partial charge < -0.3 is 25.0 Å². The highest BCUT2D eigenvalue weighted by Gasteiger charge is 2.47. The van der Waals surface area contributed by atoms with E-state index < -0.39 is 48.3 Å². The molecule has 1 saturated heterocycles. The van der Waals surface area contributed by atoms with Crippen molar-refractivity contribution < 1.29 is 37.7 Å². The first-order chi connectivity index (χ1) is 14.6. The van der Waals surface area contributed by atoms with Crippen molar-refractivity contribution in [2.24, 2.45) is 0 Å². The summed E-state index contributed by atoms with van der Waals surface area (Å²) in [6, 6.07) is 3.20. The summed E-state index contributed by atoms with van der Waals surface area (Å²) < 4.78 is 50.6. The fraction of sp³-hybridized carbons (Fsp3) is 0.421. The molecule has 2 heterocycles. The van der Waals surface area contributed by atoms with Crippen molar-refractivity contribution in [2.75, 3.05) is 6.61 Å². The number of benzene rings is 1. The van der Waals surface area contributed by atoms with E-state index in [9.17, 15) is 28.2 Å². The predicted octanol–water partition coefficient (Wildman–Crippen LogP) is 1.11. The Morgan fingerprint density at radius 1 is 1.32 bits per heavy atom. The third-order valence-electron chi connectivity index (χ3n) is 4.61. The lowest BCUT2D eigenvalue weighted by molar-refractivity contribution is -0.265. The summed E-state index contributed by atoms with van der Waals surface area (Å²) in [4.78, 5) is 11.5. The van der Waals surface area contributed by atoms with E-state index in [1.807, 2.05) is 0 Å². The number of alkyl halides is 3. The smallest absolute Gasteiger partial charge is 0.388 e. The van der Waals surface area contributed by atoms with Crippen LogP contribution in [-0.4, -0.2) is 62.3 Å². The van der Waals surface area contributed by atoms with Crippen molar-refractivity contribution in [3.05, 3.63) is 54.4 Å². The number of halogens is 3. The minimum absolute atomic E-state index is 0.0501. The Balaban J connectivity index is 1.83. The Kier molecular flexibility index (Phi) is 6.74. The van der Waals surface area contributed by atoms with Crippen LogP contribution in [0.3, 0.4) is 0 Å². The Hall–Kier alpha value is -2.80. The fourth-order valence-electron chi connectivity index (χ4n) is 3.14. The van der Waals surface area contributed by atoms with Gasteiger partial charge in [-0.05, 0) is 24.3 Å². The maximum atomic E-state index is 12.7. The molecule has 1 aromatic heterocycles. The van der Waals surface area contributed by atoms with Crippen molar-refractivity contribution in [1.29, 1.82) is 0 Å². The highest BCUT2D eigenvalue weighted by molar-refractivity contribution is 5.73. The monoisotopic (exact) mass is 442 g/mol. The molecule has 3 rings (SSSR count). The van der Waals surface area contributed by atoms with E-state index in [-0.39, 0.29) is 12.3 Å². The lowest BCUT2D eigenvalue weighted by atomic mass is 9.95. The van der Waals surface area contributed by atoms with Crippen LogP contribution in [0.2, 0.25) is 0 Å². The summed E-state index contributed by atoms with van der Waals surface area (Å²) in [5, 5.41) is 31.3. The molecule has 1 amide bonds. The van der Waals surface area contributed by atoms with Gasteiger partial charge in [0.05, 0.1) is 24.1 Å². The molecule has 3 N–H and O–H groups in total. The van der Waals surface area contributed by atoms with Crippen molar-refractivity contribution >= 4 is 5.91 Å². The molecule has 168 valence electrons. The number of nitrogens with zero attached hydrogens (tertiary/aromatic N) is 3. The van der Waals surface area contributed by atoms with Gasteiger partial charge in [0.15, 0.2) is 6.29 Å². The molecular formula is C19H21F3N4O5. The van der Waals surface area contributed by atoms with Crippen LogP contribution in [0.5, 0.6) is 0 Å². The molecule has 0 bridgehead atoms. The minimum Gasteiger partial charge on any atom is -0.388 e. The molecule has 0 radical (unpaired) electrons. The molecular weight excluding hydrogens is 421 g/mol. The van der Waals surface area contributed by atoms with Gasteiger partial charge in [0.1, 0.15) is 30.0 Å². The third kappa shape index (κ3) is 5.10. The zero-order chi connectivity index (χ0) is 22.8. The normalized spacial score (nSPS) is 26.5. The number of aliphatic hydroxyl groups is 2. The van der Waals surface area contributed by atoms with Crippen LogP contribution < -0.4 is 5.32 Å².